The second-order valence-electron chi connectivity index (χ2n) is 5.39. The van der Waals surface area contributed by atoms with Crippen molar-refractivity contribution in [2.45, 2.75) is 43.4 Å². The molecule has 0 bridgehead atoms. The monoisotopic (exact) mass is 312 g/mol. The molecule has 1 aromatic heterocycles. The van der Waals surface area contributed by atoms with Gasteiger partial charge in [-0.05, 0) is 37.7 Å². The molecule has 108 valence electrons. The molecule has 0 N–H and O–H groups in total. The van der Waals surface area contributed by atoms with Crippen molar-refractivity contribution in [2.24, 2.45) is 0 Å². The normalized spacial score (nSPS) is 22.8. The lowest BCUT2D eigenvalue weighted by Gasteiger charge is -2.22. The second kappa shape index (κ2) is 5.57. The number of fused-ring (bicyclic) bond motifs is 1. The number of nitrogens with zero attached hydrogens (tertiary/aromatic N) is 2. The Hall–Kier alpha value is -0.740. The molecule has 1 fully saturated rings. The minimum absolute atomic E-state index is 0.198. The molecule has 1 saturated carbocycles. The summed E-state index contributed by atoms with van der Waals surface area (Å²) < 4.78 is 16.0. The Balaban J connectivity index is 2.19. The number of aryl methyl sites for hydroxylation is 1. The third kappa shape index (κ3) is 2.23. The molecule has 0 aliphatic heterocycles. The molecule has 0 saturated heterocycles. The molecule has 20 heavy (non-hydrogen) atoms. The average Bonchev–Trinajstić information content (AvgIpc) is 3.02. The van der Waals surface area contributed by atoms with E-state index in [0.717, 1.165) is 23.3 Å². The minimum Gasteiger partial charge on any atom is -0.323 e. The first kappa shape index (κ1) is 14.2. The third-order valence-electron chi connectivity index (χ3n) is 4.21. The van der Waals surface area contributed by atoms with Crippen molar-refractivity contribution in [3.63, 3.8) is 0 Å². The van der Waals surface area contributed by atoms with Crippen LogP contribution in [0.4, 0.5) is 4.39 Å². The first-order valence-corrected chi connectivity index (χ1v) is 8.73. The van der Waals surface area contributed by atoms with Gasteiger partial charge in [0.15, 0.2) is 0 Å². The van der Waals surface area contributed by atoms with Crippen LogP contribution in [0.2, 0.25) is 0 Å². The van der Waals surface area contributed by atoms with Crippen molar-refractivity contribution < 1.29 is 4.39 Å². The summed E-state index contributed by atoms with van der Waals surface area (Å²) in [6.07, 6.45) is 5.77. The highest BCUT2D eigenvalue weighted by Crippen LogP contribution is 2.40. The van der Waals surface area contributed by atoms with Crippen molar-refractivity contribution in [2.75, 3.05) is 6.26 Å². The molecule has 3 rings (SSSR count). The van der Waals surface area contributed by atoms with Crippen LogP contribution in [0.15, 0.2) is 12.1 Å². The number of benzene rings is 1. The van der Waals surface area contributed by atoms with E-state index in [1.54, 1.807) is 6.92 Å². The summed E-state index contributed by atoms with van der Waals surface area (Å²) in [7, 11) is 0. The fourth-order valence-corrected chi connectivity index (χ4v) is 4.37. The maximum Gasteiger partial charge on any atom is 0.128 e. The van der Waals surface area contributed by atoms with Crippen LogP contribution in [-0.4, -0.2) is 21.1 Å². The van der Waals surface area contributed by atoms with E-state index in [4.69, 9.17) is 11.6 Å². The first-order valence-electron chi connectivity index (χ1n) is 6.91. The van der Waals surface area contributed by atoms with Gasteiger partial charge in [0.05, 0.1) is 16.9 Å². The quantitative estimate of drug-likeness (QED) is 0.766. The zero-order valence-electron chi connectivity index (χ0n) is 11.7. The van der Waals surface area contributed by atoms with Gasteiger partial charge in [-0.1, -0.05) is 6.42 Å². The second-order valence-corrected chi connectivity index (χ2v) is 6.74. The molecule has 0 radical (unpaired) electrons. The van der Waals surface area contributed by atoms with Gasteiger partial charge < -0.3 is 4.57 Å². The average molecular weight is 313 g/mol. The predicted molar refractivity (Wildman–Crippen MR) is 84.2 cm³/mol. The number of hydrogen-bond donors (Lipinski definition) is 0. The van der Waals surface area contributed by atoms with E-state index in [9.17, 15) is 4.39 Å². The van der Waals surface area contributed by atoms with Gasteiger partial charge in [0.2, 0.25) is 0 Å². The molecule has 2 atom stereocenters. The van der Waals surface area contributed by atoms with Crippen molar-refractivity contribution >= 4 is 34.4 Å². The van der Waals surface area contributed by atoms with E-state index in [2.05, 4.69) is 15.8 Å². The lowest BCUT2D eigenvalue weighted by molar-refractivity contribution is 0.527. The molecule has 5 heteroatoms. The SMILES string of the molecule is CSC1CCCC1n1c(CCl)nc2cc(F)c(C)cc21. The Bertz CT molecular complexity index is 640. The van der Waals surface area contributed by atoms with Crippen LogP contribution in [-0.2, 0) is 5.88 Å². The molecule has 2 aromatic rings. The topological polar surface area (TPSA) is 17.8 Å². The molecular weight excluding hydrogens is 295 g/mol. The zero-order valence-corrected chi connectivity index (χ0v) is 13.3. The van der Waals surface area contributed by atoms with E-state index in [-0.39, 0.29) is 5.82 Å². The molecule has 1 aromatic carbocycles. The number of halogens is 2. The number of imidazole rings is 1. The summed E-state index contributed by atoms with van der Waals surface area (Å²) in [5, 5.41) is 0.597. The fourth-order valence-electron chi connectivity index (χ4n) is 3.21. The number of rotatable bonds is 3. The molecule has 2 nitrogen and oxygen atoms in total. The highest BCUT2D eigenvalue weighted by atomic mass is 35.5. The van der Waals surface area contributed by atoms with Gasteiger partial charge in [0, 0.05) is 17.4 Å². The lowest BCUT2D eigenvalue weighted by atomic mass is 10.2. The maximum atomic E-state index is 13.7. The number of alkyl halides is 1. The zero-order chi connectivity index (χ0) is 14.3. The Morgan fingerprint density at radius 1 is 1.45 bits per heavy atom. The van der Waals surface area contributed by atoms with Crippen molar-refractivity contribution in [1.82, 2.24) is 9.55 Å². The van der Waals surface area contributed by atoms with Crippen molar-refractivity contribution in [1.29, 1.82) is 0 Å². The molecule has 0 amide bonds. The minimum atomic E-state index is -0.198. The van der Waals surface area contributed by atoms with Gasteiger partial charge in [-0.15, -0.1) is 11.6 Å². The summed E-state index contributed by atoms with van der Waals surface area (Å²) in [5.74, 6) is 1.03. The third-order valence-corrected chi connectivity index (χ3v) is 5.61. The van der Waals surface area contributed by atoms with Crippen LogP contribution >= 0.6 is 23.4 Å². The lowest BCUT2D eigenvalue weighted by Crippen LogP contribution is -2.17. The van der Waals surface area contributed by atoms with Crippen LogP contribution in [0.5, 0.6) is 0 Å². The van der Waals surface area contributed by atoms with Gasteiger partial charge in [0.25, 0.3) is 0 Å². The number of aromatic nitrogens is 2. The summed E-state index contributed by atoms with van der Waals surface area (Å²) in [6, 6.07) is 3.86. The first-order chi connectivity index (χ1) is 9.65. The van der Waals surface area contributed by atoms with Crippen LogP contribution in [0.1, 0.15) is 36.7 Å². The van der Waals surface area contributed by atoms with Crippen LogP contribution in [0.3, 0.4) is 0 Å². The van der Waals surface area contributed by atoms with E-state index < -0.39 is 0 Å². The Morgan fingerprint density at radius 3 is 2.95 bits per heavy atom. The standard InChI is InChI=1S/C15H18ClFN2S/c1-9-6-13-11(7-10(9)17)18-15(8-16)19(13)12-4-3-5-14(12)20-2/h6-7,12,14H,3-5,8H2,1-2H3. The Kier molecular flexibility index (Phi) is 3.95. The Labute approximate surface area is 127 Å². The highest BCUT2D eigenvalue weighted by molar-refractivity contribution is 7.99. The molecule has 0 spiro atoms. The summed E-state index contributed by atoms with van der Waals surface area (Å²) in [6.45, 7) is 1.80. The van der Waals surface area contributed by atoms with E-state index in [1.807, 2.05) is 17.8 Å². The van der Waals surface area contributed by atoms with Crippen molar-refractivity contribution in [3.05, 3.63) is 29.3 Å². The molecule has 1 aliphatic carbocycles. The largest absolute Gasteiger partial charge is 0.323 e. The van der Waals surface area contributed by atoms with Crippen molar-refractivity contribution in [3.8, 4) is 0 Å². The number of hydrogen-bond acceptors (Lipinski definition) is 2. The van der Waals surface area contributed by atoms with Crippen LogP contribution in [0, 0.1) is 12.7 Å². The summed E-state index contributed by atoms with van der Waals surface area (Å²) >= 11 is 7.98. The predicted octanol–water partition coefficient (Wildman–Crippen LogP) is 4.68. The van der Waals surface area contributed by atoms with E-state index in [1.165, 1.54) is 18.9 Å². The van der Waals surface area contributed by atoms with Crippen LogP contribution < -0.4 is 0 Å². The summed E-state index contributed by atoms with van der Waals surface area (Å²) in [5.41, 5.74) is 2.40. The summed E-state index contributed by atoms with van der Waals surface area (Å²) in [4.78, 5) is 4.53. The Morgan fingerprint density at radius 2 is 2.25 bits per heavy atom. The fraction of sp³-hybridized carbons (Fsp3) is 0.533. The molecule has 2 unspecified atom stereocenters. The van der Waals surface area contributed by atoms with Crippen LogP contribution in [0.25, 0.3) is 11.0 Å². The highest BCUT2D eigenvalue weighted by Gasteiger charge is 2.31. The molecule has 1 heterocycles. The van der Waals surface area contributed by atoms with Gasteiger partial charge in [-0.2, -0.15) is 11.8 Å². The molecule has 1 aliphatic rings. The van der Waals surface area contributed by atoms with E-state index >= 15 is 0 Å². The number of thioether (sulfide) groups is 1. The maximum absolute atomic E-state index is 13.7. The molecular formula is C15H18ClFN2S. The van der Waals surface area contributed by atoms with Gasteiger partial charge in [-0.25, -0.2) is 9.37 Å². The van der Waals surface area contributed by atoms with E-state index in [0.29, 0.717) is 22.7 Å². The smallest absolute Gasteiger partial charge is 0.128 e. The van der Waals surface area contributed by atoms with Gasteiger partial charge >= 0.3 is 0 Å². The van der Waals surface area contributed by atoms with Gasteiger partial charge in [-0.3, -0.25) is 0 Å². The van der Waals surface area contributed by atoms with Gasteiger partial charge in [0.1, 0.15) is 11.6 Å².